The van der Waals surface area contributed by atoms with Gasteiger partial charge in [-0.3, -0.25) is 9.52 Å². The van der Waals surface area contributed by atoms with Crippen LogP contribution < -0.4 is 23.7 Å². The zero-order valence-electron chi connectivity index (χ0n) is 35.8. The summed E-state index contributed by atoms with van der Waals surface area (Å²) < 4.78 is 26.6. The van der Waals surface area contributed by atoms with Crippen molar-refractivity contribution >= 4 is 41.6 Å². The van der Waals surface area contributed by atoms with Gasteiger partial charge < -0.3 is 49.0 Å². The number of likely N-dealkylation sites (tertiary alicyclic amines) is 1. The van der Waals surface area contributed by atoms with Crippen molar-refractivity contribution in [1.82, 2.24) is 29.4 Å². The van der Waals surface area contributed by atoms with Crippen molar-refractivity contribution < 1.29 is 48.4 Å². The number of nitrogens with one attached hydrogen (secondary N) is 2. The summed E-state index contributed by atoms with van der Waals surface area (Å²) in [6.45, 7) is 11.3. The van der Waals surface area contributed by atoms with Gasteiger partial charge in [-0.25, -0.2) is 14.5 Å². The van der Waals surface area contributed by atoms with Gasteiger partial charge in [-0.1, -0.05) is 41.9 Å². The van der Waals surface area contributed by atoms with E-state index in [2.05, 4.69) is 39.0 Å². The van der Waals surface area contributed by atoms with Crippen LogP contribution in [0.3, 0.4) is 0 Å². The fourth-order valence-corrected chi connectivity index (χ4v) is 10.0. The fraction of sp³-hybridized carbons (Fsp3) is 0.523. The van der Waals surface area contributed by atoms with Crippen molar-refractivity contribution in [1.29, 1.82) is 0 Å². The molecule has 1 aromatic carbocycles. The topological polar surface area (TPSA) is 223 Å². The molecule has 0 bridgehead atoms. The van der Waals surface area contributed by atoms with Crippen LogP contribution in [0.15, 0.2) is 66.9 Å². The van der Waals surface area contributed by atoms with Gasteiger partial charge in [0.1, 0.15) is 17.4 Å². The molecule has 3 saturated carbocycles. The molecule has 338 valence electrons. The quantitative estimate of drug-likeness (QED) is 0.0222. The monoisotopic (exact) mass is 907 g/mol. The van der Waals surface area contributed by atoms with Gasteiger partial charge in [0.05, 0.1) is 5.56 Å². The number of carbonyl (C=O) groups is 2. The second-order valence-corrected chi connectivity index (χ2v) is 19.6. The van der Waals surface area contributed by atoms with Gasteiger partial charge in [0.25, 0.3) is 11.7 Å². The molecule has 1 aliphatic heterocycles. The predicted molar refractivity (Wildman–Crippen MR) is 232 cm³/mol. The number of halogens is 1. The van der Waals surface area contributed by atoms with Crippen molar-refractivity contribution in [3.63, 3.8) is 0 Å². The van der Waals surface area contributed by atoms with Crippen LogP contribution in [0.4, 0.5) is 10.6 Å². The molecule has 19 heteroatoms. The number of rotatable bonds is 17. The third-order valence-electron chi connectivity index (χ3n) is 12.6. The van der Waals surface area contributed by atoms with Crippen LogP contribution >= 0.6 is 23.8 Å². The Morgan fingerprint density at radius 1 is 0.937 bits per heavy atom. The van der Waals surface area contributed by atoms with Crippen LogP contribution in [0.2, 0.25) is 5.15 Å². The second kappa shape index (κ2) is 16.6. The van der Waals surface area contributed by atoms with Gasteiger partial charge in [0.15, 0.2) is 29.6 Å². The highest BCUT2D eigenvalue weighted by Crippen LogP contribution is 2.94. The lowest BCUT2D eigenvalue weighted by atomic mass is 9.93. The minimum atomic E-state index is -3.32. The van der Waals surface area contributed by atoms with Crippen LogP contribution in [0.5, 0.6) is 17.5 Å². The van der Waals surface area contributed by atoms with Gasteiger partial charge in [-0.15, -0.1) is 5.10 Å². The summed E-state index contributed by atoms with van der Waals surface area (Å²) in [6.07, 6.45) is 6.92. The number of hydrogen-bond donors (Lipinski definition) is 6. The molecule has 1 unspecified atom stereocenters. The third-order valence-corrected chi connectivity index (χ3v) is 13.4. The Bertz CT molecular complexity index is 2310. The number of aromatic nitrogens is 4. The zero-order valence-corrected chi connectivity index (χ0v) is 37.4. The van der Waals surface area contributed by atoms with E-state index >= 15 is 0 Å². The largest absolute Gasteiger partial charge is 0.485 e. The molecule has 1 saturated heterocycles. The molecule has 6 N–H and O–H groups in total. The molecule has 3 aliphatic carbocycles. The lowest BCUT2D eigenvalue weighted by Crippen LogP contribution is -2.60. The number of hydrogen-bond acceptors (Lipinski definition) is 15. The number of fused-ring (bicyclic) bond motifs is 1. The van der Waals surface area contributed by atoms with Crippen LogP contribution in [0.25, 0.3) is 5.82 Å². The van der Waals surface area contributed by atoms with E-state index in [0.29, 0.717) is 49.4 Å². The SMILES string of the molecule is CC(C)(C)OC(=O)N1CC(CCCNc2nc(OSNC(=O)c3ccc(-n4ccc(OC(O)(O)C(O)(O)C5C6(CC6)C56CC6)n4)nc3Cl)ccc2OCc2ccccc2)CC1(C)C. The van der Waals surface area contributed by atoms with Crippen LogP contribution in [0.1, 0.15) is 95.5 Å². The number of anilines is 1. The maximum Gasteiger partial charge on any atom is 0.410 e. The first-order valence-corrected chi connectivity index (χ1v) is 22.2. The Morgan fingerprint density at radius 2 is 1.65 bits per heavy atom. The van der Waals surface area contributed by atoms with Gasteiger partial charge in [0, 0.05) is 42.9 Å². The van der Waals surface area contributed by atoms with E-state index in [1.807, 2.05) is 56.0 Å². The first kappa shape index (κ1) is 44.7. The number of carbonyl (C=O) groups excluding carboxylic acids is 2. The molecule has 63 heavy (non-hydrogen) atoms. The third kappa shape index (κ3) is 9.24. The summed E-state index contributed by atoms with van der Waals surface area (Å²) in [7, 11) is 0. The van der Waals surface area contributed by atoms with Gasteiger partial charge in [-0.05, 0) is 120 Å². The Labute approximate surface area is 374 Å². The minimum Gasteiger partial charge on any atom is -0.485 e. The molecule has 0 radical (unpaired) electrons. The highest BCUT2D eigenvalue weighted by molar-refractivity contribution is 7.93. The minimum absolute atomic E-state index is 0.0301. The molecule has 4 aromatic rings. The van der Waals surface area contributed by atoms with E-state index in [1.165, 1.54) is 29.1 Å². The lowest BCUT2D eigenvalue weighted by molar-refractivity contribution is -0.442. The molecule has 3 aromatic heterocycles. The number of nitrogens with zero attached hydrogens (tertiary/aromatic N) is 5. The van der Waals surface area contributed by atoms with Crippen molar-refractivity contribution in [3.05, 3.63) is 83.1 Å². The molecule has 4 heterocycles. The lowest BCUT2D eigenvalue weighted by Gasteiger charge is -2.34. The number of amides is 2. The van der Waals surface area contributed by atoms with Crippen molar-refractivity contribution in [3.8, 4) is 23.3 Å². The first-order chi connectivity index (χ1) is 29.7. The Balaban J connectivity index is 0.847. The number of benzene rings is 1. The summed E-state index contributed by atoms with van der Waals surface area (Å²) in [5.41, 5.74) is -0.382. The van der Waals surface area contributed by atoms with E-state index in [1.54, 1.807) is 12.1 Å². The van der Waals surface area contributed by atoms with Crippen molar-refractivity contribution in [2.24, 2.45) is 22.7 Å². The molecule has 2 spiro atoms. The Kier molecular flexibility index (Phi) is 11.8. The van der Waals surface area contributed by atoms with E-state index in [-0.39, 0.29) is 50.8 Å². The van der Waals surface area contributed by atoms with Crippen LogP contribution in [-0.4, -0.2) is 93.1 Å². The van der Waals surface area contributed by atoms with E-state index in [4.69, 9.17) is 30.0 Å². The number of ether oxygens (including phenoxy) is 3. The summed E-state index contributed by atoms with van der Waals surface area (Å²) in [5, 5.41) is 50.4. The van der Waals surface area contributed by atoms with Crippen LogP contribution in [-0.2, 0) is 11.3 Å². The highest BCUT2D eigenvalue weighted by atomic mass is 35.5. The van der Waals surface area contributed by atoms with E-state index in [9.17, 15) is 30.0 Å². The van der Waals surface area contributed by atoms with Gasteiger partial charge in [0.2, 0.25) is 11.8 Å². The van der Waals surface area contributed by atoms with Gasteiger partial charge in [-0.2, -0.15) is 4.98 Å². The Morgan fingerprint density at radius 3 is 2.32 bits per heavy atom. The molecule has 2 amide bonds. The predicted octanol–water partition coefficient (Wildman–Crippen LogP) is 6.38. The molecule has 4 aliphatic rings. The second-order valence-electron chi connectivity index (χ2n) is 18.7. The van der Waals surface area contributed by atoms with Gasteiger partial charge >= 0.3 is 12.1 Å². The summed E-state index contributed by atoms with van der Waals surface area (Å²) in [5.74, 6) is -6.18. The molecule has 1 atom stereocenters. The standard InChI is InChI=1S/C44H54ClN7O10S/c1-39(2,3)61-38(54)51-25-28(24-40(51,4)5)12-9-22-46-35-30(59-26-27-10-7-6-8-11-27)14-16-32(48-35)62-63-50-36(53)29-13-15-31(47-34(29)45)52-23-17-33(49-52)60-44(57,58)43(55,56)37-41(18-19-41)42(37)20-21-42/h6-8,10-11,13-17,23,28,37,55-58H,9,12,18-22,24-26H2,1-5H3,(H,46,48)(H,50,53). The molecule has 17 nitrogen and oxygen atoms in total. The van der Waals surface area contributed by atoms with Crippen molar-refractivity contribution in [2.75, 3.05) is 18.4 Å². The fourth-order valence-electron chi connectivity index (χ4n) is 9.40. The van der Waals surface area contributed by atoms with Crippen LogP contribution in [0, 0.1) is 22.7 Å². The normalized spacial score (nSPS) is 19.5. The van der Waals surface area contributed by atoms with E-state index in [0.717, 1.165) is 50.5 Å². The maximum atomic E-state index is 13.1. The molecule has 4 fully saturated rings. The highest BCUT2D eigenvalue weighted by Gasteiger charge is 2.93. The summed E-state index contributed by atoms with van der Waals surface area (Å²) in [6, 6.07) is 17.3. The average molecular weight is 908 g/mol. The molecular weight excluding hydrogens is 854 g/mol. The summed E-state index contributed by atoms with van der Waals surface area (Å²) in [4.78, 5) is 36.8. The van der Waals surface area contributed by atoms with Crippen molar-refractivity contribution in [2.45, 2.75) is 109 Å². The number of aliphatic hydroxyl groups is 4. The van der Waals surface area contributed by atoms with E-state index < -0.39 is 29.2 Å². The first-order valence-electron chi connectivity index (χ1n) is 21.1. The zero-order chi connectivity index (χ0) is 45.0. The number of pyridine rings is 2. The maximum absolute atomic E-state index is 13.1. The molecule has 8 rings (SSSR count). The average Bonchev–Trinajstić information content (AvgIpc) is 4.17. The summed E-state index contributed by atoms with van der Waals surface area (Å²) >= 11 is 7.06. The smallest absolute Gasteiger partial charge is 0.410 e. The molecular formula is C44H54ClN7O10S. The Hall–Kier alpha value is -4.85.